The molecule has 0 amide bonds. The van der Waals surface area contributed by atoms with E-state index in [1.807, 2.05) is 19.9 Å². The molecular formula is C14H22N2O3S. The molecule has 20 heavy (non-hydrogen) atoms. The molecule has 0 bridgehead atoms. The average Bonchev–Trinajstić information content (AvgIpc) is 2.64. The molecule has 5 nitrogen and oxygen atoms in total. The van der Waals surface area contributed by atoms with E-state index < -0.39 is 10.0 Å². The lowest BCUT2D eigenvalue weighted by molar-refractivity contribution is 0.124. The van der Waals surface area contributed by atoms with Gasteiger partial charge in [-0.05, 0) is 37.1 Å². The molecule has 1 saturated heterocycles. The Balaban J connectivity index is 2.03. The van der Waals surface area contributed by atoms with Gasteiger partial charge in [-0.2, -0.15) is 0 Å². The Hall–Kier alpha value is -0.950. The first kappa shape index (κ1) is 15.4. The monoisotopic (exact) mass is 298 g/mol. The van der Waals surface area contributed by atoms with Crippen LogP contribution < -0.4 is 10.0 Å². The normalized spacial score (nSPS) is 20.6. The van der Waals surface area contributed by atoms with E-state index in [-0.39, 0.29) is 5.92 Å². The zero-order valence-electron chi connectivity index (χ0n) is 12.0. The number of hydrogen-bond acceptors (Lipinski definition) is 4. The maximum Gasteiger partial charge on any atom is 0.240 e. The minimum atomic E-state index is -3.45. The van der Waals surface area contributed by atoms with E-state index in [1.165, 1.54) is 0 Å². The summed E-state index contributed by atoms with van der Waals surface area (Å²) >= 11 is 0. The van der Waals surface area contributed by atoms with Crippen LogP contribution in [-0.4, -0.2) is 41.3 Å². The summed E-state index contributed by atoms with van der Waals surface area (Å²) in [7, 11) is -3.45. The smallest absolute Gasteiger partial charge is 0.240 e. The predicted molar refractivity (Wildman–Crippen MR) is 78.3 cm³/mol. The van der Waals surface area contributed by atoms with Gasteiger partial charge in [0.2, 0.25) is 10.0 Å². The Morgan fingerprint density at radius 3 is 2.70 bits per heavy atom. The van der Waals surface area contributed by atoms with Gasteiger partial charge in [0.15, 0.2) is 0 Å². The molecule has 0 aliphatic carbocycles. The highest BCUT2D eigenvalue weighted by molar-refractivity contribution is 7.89. The largest absolute Gasteiger partial charge is 0.380 e. The van der Waals surface area contributed by atoms with Crippen LogP contribution in [0.5, 0.6) is 0 Å². The molecule has 2 N–H and O–H groups in total. The van der Waals surface area contributed by atoms with Crippen molar-refractivity contribution >= 4 is 10.0 Å². The van der Waals surface area contributed by atoms with Gasteiger partial charge < -0.3 is 10.1 Å². The van der Waals surface area contributed by atoms with E-state index in [9.17, 15) is 8.42 Å². The summed E-state index contributed by atoms with van der Waals surface area (Å²) in [5.74, 6) is 0.165. The summed E-state index contributed by atoms with van der Waals surface area (Å²) in [6.45, 7) is 7.05. The SMILES string of the molecule is Cc1cc(C)cc(S(=O)(=O)NC[C@H]2CNCCOC2)c1. The number of sulfonamides is 1. The Bertz CT molecular complexity index is 529. The zero-order chi connectivity index (χ0) is 14.6. The van der Waals surface area contributed by atoms with Gasteiger partial charge in [-0.25, -0.2) is 13.1 Å². The fourth-order valence-electron chi connectivity index (χ4n) is 2.29. The summed E-state index contributed by atoms with van der Waals surface area (Å²) in [5, 5.41) is 3.23. The van der Waals surface area contributed by atoms with Crippen LogP contribution in [0.1, 0.15) is 11.1 Å². The standard InChI is InChI=1S/C14H22N2O3S/c1-11-5-12(2)7-14(6-11)20(17,18)16-9-13-8-15-3-4-19-10-13/h5-7,13,15-16H,3-4,8-10H2,1-2H3/t13-/m1/s1. The van der Waals surface area contributed by atoms with Crippen LogP contribution in [0.15, 0.2) is 23.1 Å². The predicted octanol–water partition coefficient (Wildman–Crippen LogP) is 0.818. The van der Waals surface area contributed by atoms with Gasteiger partial charge in [-0.3, -0.25) is 0 Å². The molecule has 1 atom stereocenters. The van der Waals surface area contributed by atoms with Crippen molar-refractivity contribution in [3.05, 3.63) is 29.3 Å². The number of nitrogens with one attached hydrogen (secondary N) is 2. The number of rotatable bonds is 4. The lowest BCUT2D eigenvalue weighted by Gasteiger charge is -2.15. The van der Waals surface area contributed by atoms with Crippen molar-refractivity contribution < 1.29 is 13.2 Å². The van der Waals surface area contributed by atoms with Crippen LogP contribution in [0.3, 0.4) is 0 Å². The molecule has 1 heterocycles. The van der Waals surface area contributed by atoms with E-state index in [1.54, 1.807) is 12.1 Å². The fraction of sp³-hybridized carbons (Fsp3) is 0.571. The molecule has 0 aromatic heterocycles. The lowest BCUT2D eigenvalue weighted by atomic mass is 10.2. The van der Waals surface area contributed by atoms with Gasteiger partial charge in [0.05, 0.1) is 18.1 Å². The minimum Gasteiger partial charge on any atom is -0.380 e. The summed E-state index contributed by atoms with van der Waals surface area (Å²) < 4.78 is 32.7. The summed E-state index contributed by atoms with van der Waals surface area (Å²) in [5.41, 5.74) is 1.90. The molecule has 6 heteroatoms. The second kappa shape index (κ2) is 6.67. The Morgan fingerprint density at radius 2 is 2.00 bits per heavy atom. The van der Waals surface area contributed by atoms with E-state index >= 15 is 0 Å². The van der Waals surface area contributed by atoms with Crippen molar-refractivity contribution in [1.29, 1.82) is 0 Å². The first-order valence-corrected chi connectivity index (χ1v) is 8.32. The van der Waals surface area contributed by atoms with Crippen molar-refractivity contribution in [3.63, 3.8) is 0 Å². The summed E-state index contributed by atoms with van der Waals surface area (Å²) in [6.07, 6.45) is 0. The van der Waals surface area contributed by atoms with Crippen molar-refractivity contribution in [3.8, 4) is 0 Å². The molecular weight excluding hydrogens is 276 g/mol. The van der Waals surface area contributed by atoms with Gasteiger partial charge in [-0.15, -0.1) is 0 Å². The average molecular weight is 298 g/mol. The third kappa shape index (κ3) is 4.28. The molecule has 0 radical (unpaired) electrons. The molecule has 0 spiro atoms. The van der Waals surface area contributed by atoms with Crippen LogP contribution in [0.25, 0.3) is 0 Å². The highest BCUT2D eigenvalue weighted by Crippen LogP contribution is 2.14. The molecule has 1 aliphatic rings. The van der Waals surface area contributed by atoms with Gasteiger partial charge in [-0.1, -0.05) is 6.07 Å². The highest BCUT2D eigenvalue weighted by atomic mass is 32.2. The molecule has 2 rings (SSSR count). The van der Waals surface area contributed by atoms with E-state index in [4.69, 9.17) is 4.74 Å². The highest BCUT2D eigenvalue weighted by Gasteiger charge is 2.18. The first-order chi connectivity index (χ1) is 9.47. The third-order valence-electron chi connectivity index (χ3n) is 3.28. The van der Waals surface area contributed by atoms with Crippen LogP contribution in [0.2, 0.25) is 0 Å². The Morgan fingerprint density at radius 1 is 1.30 bits per heavy atom. The summed E-state index contributed by atoms with van der Waals surface area (Å²) in [6, 6.07) is 5.34. The van der Waals surface area contributed by atoms with Crippen molar-refractivity contribution in [2.75, 3.05) is 32.8 Å². The lowest BCUT2D eigenvalue weighted by Crippen LogP contribution is -2.35. The molecule has 0 unspecified atom stereocenters. The van der Waals surface area contributed by atoms with Crippen LogP contribution in [-0.2, 0) is 14.8 Å². The van der Waals surface area contributed by atoms with Crippen molar-refractivity contribution in [2.24, 2.45) is 5.92 Å². The zero-order valence-corrected chi connectivity index (χ0v) is 12.8. The van der Waals surface area contributed by atoms with Crippen LogP contribution >= 0.6 is 0 Å². The molecule has 1 aliphatic heterocycles. The van der Waals surface area contributed by atoms with Gasteiger partial charge in [0.25, 0.3) is 0 Å². The molecule has 1 aromatic rings. The van der Waals surface area contributed by atoms with E-state index in [0.29, 0.717) is 24.7 Å². The maximum atomic E-state index is 12.3. The van der Waals surface area contributed by atoms with Gasteiger partial charge >= 0.3 is 0 Å². The maximum absolute atomic E-state index is 12.3. The first-order valence-electron chi connectivity index (χ1n) is 6.84. The second-order valence-corrected chi connectivity index (χ2v) is 7.09. The van der Waals surface area contributed by atoms with E-state index in [2.05, 4.69) is 10.0 Å². The second-order valence-electron chi connectivity index (χ2n) is 5.32. The Kier molecular flexibility index (Phi) is 5.15. The Labute approximate surface area is 120 Å². The van der Waals surface area contributed by atoms with Gasteiger partial charge in [0.1, 0.15) is 0 Å². The number of ether oxygens (including phenoxy) is 1. The molecule has 1 fully saturated rings. The van der Waals surface area contributed by atoms with Crippen molar-refractivity contribution in [1.82, 2.24) is 10.0 Å². The van der Waals surface area contributed by atoms with Crippen molar-refractivity contribution in [2.45, 2.75) is 18.7 Å². The van der Waals surface area contributed by atoms with Gasteiger partial charge in [0, 0.05) is 25.6 Å². The molecule has 1 aromatic carbocycles. The number of benzene rings is 1. The number of hydrogen-bond donors (Lipinski definition) is 2. The molecule has 0 saturated carbocycles. The van der Waals surface area contributed by atoms with E-state index in [0.717, 1.165) is 24.2 Å². The third-order valence-corrected chi connectivity index (χ3v) is 4.68. The fourth-order valence-corrected chi connectivity index (χ4v) is 3.59. The molecule has 112 valence electrons. The quantitative estimate of drug-likeness (QED) is 0.863. The number of aryl methyl sites for hydroxylation is 2. The summed E-state index contributed by atoms with van der Waals surface area (Å²) in [4.78, 5) is 0.331. The minimum absolute atomic E-state index is 0.165. The topological polar surface area (TPSA) is 67.4 Å². The van der Waals surface area contributed by atoms with Crippen LogP contribution in [0, 0.1) is 19.8 Å². The van der Waals surface area contributed by atoms with Crippen LogP contribution in [0.4, 0.5) is 0 Å².